The smallest absolute Gasteiger partial charge is 0.267 e. The maximum atomic E-state index is 12.5. The van der Waals surface area contributed by atoms with E-state index >= 15 is 0 Å². The number of thiazole rings is 1. The van der Waals surface area contributed by atoms with Crippen LogP contribution < -0.4 is 10.1 Å². The molecule has 2 aromatic carbocycles. The SMILES string of the molecule is COCCc1ccc(-c2csc(NC(=O)C3Cc4ccccc4O3)n2)cc1. The first-order chi connectivity index (χ1) is 13.2. The molecule has 1 aromatic heterocycles. The monoisotopic (exact) mass is 380 g/mol. The molecule has 1 aliphatic rings. The van der Waals surface area contributed by atoms with Crippen LogP contribution in [0.1, 0.15) is 11.1 Å². The third-order valence-electron chi connectivity index (χ3n) is 4.52. The summed E-state index contributed by atoms with van der Waals surface area (Å²) in [6.45, 7) is 0.708. The molecule has 0 spiro atoms. The standard InChI is InChI=1S/C21H20N2O3S/c1-25-11-10-14-6-8-15(9-7-14)17-13-27-21(22-17)23-20(24)19-12-16-4-2-3-5-18(16)26-19/h2-9,13,19H,10-12H2,1H3,(H,22,23,24). The molecule has 1 atom stereocenters. The highest BCUT2D eigenvalue weighted by molar-refractivity contribution is 7.14. The number of fused-ring (bicyclic) bond motifs is 1. The van der Waals surface area contributed by atoms with Crippen molar-refractivity contribution in [3.8, 4) is 17.0 Å². The molecule has 0 aliphatic carbocycles. The molecule has 4 rings (SSSR count). The average Bonchev–Trinajstić information content (AvgIpc) is 3.33. The number of methoxy groups -OCH3 is 1. The summed E-state index contributed by atoms with van der Waals surface area (Å²) in [6.07, 6.45) is 0.970. The van der Waals surface area contributed by atoms with Crippen molar-refractivity contribution < 1.29 is 14.3 Å². The summed E-state index contributed by atoms with van der Waals surface area (Å²) < 4.78 is 10.8. The molecule has 5 nitrogen and oxygen atoms in total. The number of para-hydroxylation sites is 1. The van der Waals surface area contributed by atoms with Crippen LogP contribution >= 0.6 is 11.3 Å². The number of rotatable bonds is 6. The maximum absolute atomic E-state index is 12.5. The number of carbonyl (C=O) groups is 1. The average molecular weight is 380 g/mol. The lowest BCUT2D eigenvalue weighted by molar-refractivity contribution is -0.122. The minimum absolute atomic E-state index is 0.165. The van der Waals surface area contributed by atoms with Crippen molar-refractivity contribution in [2.24, 2.45) is 0 Å². The fourth-order valence-electron chi connectivity index (χ4n) is 3.04. The summed E-state index contributed by atoms with van der Waals surface area (Å²) in [6, 6.07) is 16.0. The van der Waals surface area contributed by atoms with Gasteiger partial charge in [0.05, 0.1) is 12.3 Å². The summed E-state index contributed by atoms with van der Waals surface area (Å²) >= 11 is 1.41. The van der Waals surface area contributed by atoms with E-state index in [0.717, 1.165) is 29.0 Å². The third kappa shape index (κ3) is 4.02. The first kappa shape index (κ1) is 17.7. The molecule has 3 aromatic rings. The van der Waals surface area contributed by atoms with Crippen molar-refractivity contribution in [3.05, 3.63) is 65.0 Å². The van der Waals surface area contributed by atoms with Crippen molar-refractivity contribution in [1.29, 1.82) is 0 Å². The van der Waals surface area contributed by atoms with Gasteiger partial charge in [0.1, 0.15) is 5.75 Å². The van der Waals surface area contributed by atoms with Crippen LogP contribution in [-0.2, 0) is 22.4 Å². The second-order valence-corrected chi connectivity index (χ2v) is 7.24. The molecule has 0 radical (unpaired) electrons. The Labute approximate surface area is 162 Å². The van der Waals surface area contributed by atoms with Crippen LogP contribution in [0.4, 0.5) is 5.13 Å². The van der Waals surface area contributed by atoms with Crippen LogP contribution in [0.3, 0.4) is 0 Å². The van der Waals surface area contributed by atoms with Crippen LogP contribution in [0.2, 0.25) is 0 Å². The second kappa shape index (κ2) is 7.90. The zero-order chi connectivity index (χ0) is 18.6. The fraction of sp³-hybridized carbons (Fsp3) is 0.238. The number of aromatic nitrogens is 1. The van der Waals surface area contributed by atoms with E-state index in [2.05, 4.69) is 22.4 Å². The van der Waals surface area contributed by atoms with Crippen LogP contribution in [0.25, 0.3) is 11.3 Å². The Bertz CT molecular complexity index is 912. The van der Waals surface area contributed by atoms with Crippen molar-refractivity contribution >= 4 is 22.4 Å². The fourth-order valence-corrected chi connectivity index (χ4v) is 3.76. The number of hydrogen-bond acceptors (Lipinski definition) is 5. The summed E-state index contributed by atoms with van der Waals surface area (Å²) in [5.74, 6) is 0.619. The molecule has 1 N–H and O–H groups in total. The lowest BCUT2D eigenvalue weighted by Crippen LogP contribution is -2.31. The summed E-state index contributed by atoms with van der Waals surface area (Å²) in [5, 5.41) is 5.41. The van der Waals surface area contributed by atoms with Gasteiger partial charge in [0.15, 0.2) is 11.2 Å². The minimum Gasteiger partial charge on any atom is -0.480 e. The van der Waals surface area contributed by atoms with Crippen LogP contribution in [0.15, 0.2) is 53.9 Å². The van der Waals surface area contributed by atoms with Crippen molar-refractivity contribution in [2.45, 2.75) is 18.9 Å². The van der Waals surface area contributed by atoms with Gasteiger partial charge in [0.2, 0.25) is 0 Å². The molecule has 1 aliphatic heterocycles. The van der Waals surface area contributed by atoms with E-state index in [4.69, 9.17) is 9.47 Å². The molecule has 2 heterocycles. The van der Waals surface area contributed by atoms with Crippen LogP contribution in [0.5, 0.6) is 5.75 Å². The zero-order valence-corrected chi connectivity index (χ0v) is 15.8. The topological polar surface area (TPSA) is 60.5 Å². The summed E-state index contributed by atoms with van der Waals surface area (Å²) in [5.41, 5.74) is 4.16. The van der Waals surface area contributed by atoms with Crippen LogP contribution in [-0.4, -0.2) is 30.7 Å². The number of ether oxygens (including phenoxy) is 2. The first-order valence-corrected chi connectivity index (χ1v) is 9.70. The van der Waals surface area contributed by atoms with E-state index in [1.807, 2.05) is 41.8 Å². The molecule has 1 amide bonds. The molecule has 138 valence electrons. The maximum Gasteiger partial charge on any atom is 0.267 e. The molecule has 0 bridgehead atoms. The Morgan fingerprint density at radius 3 is 2.85 bits per heavy atom. The second-order valence-electron chi connectivity index (χ2n) is 6.39. The van der Waals surface area contributed by atoms with Gasteiger partial charge in [-0.1, -0.05) is 42.5 Å². The summed E-state index contributed by atoms with van der Waals surface area (Å²) in [7, 11) is 1.70. The van der Waals surface area contributed by atoms with E-state index in [0.29, 0.717) is 18.2 Å². The van der Waals surface area contributed by atoms with Crippen molar-refractivity contribution in [3.63, 3.8) is 0 Å². The Hall–Kier alpha value is -2.70. The van der Waals surface area contributed by atoms with E-state index in [1.54, 1.807) is 7.11 Å². The molecule has 6 heteroatoms. The Balaban J connectivity index is 1.39. The molecule has 1 unspecified atom stereocenters. The highest BCUT2D eigenvalue weighted by atomic mass is 32.1. The predicted octanol–water partition coefficient (Wildman–Crippen LogP) is 3.94. The van der Waals surface area contributed by atoms with E-state index in [1.165, 1.54) is 16.9 Å². The quantitative estimate of drug-likeness (QED) is 0.704. The Morgan fingerprint density at radius 2 is 2.07 bits per heavy atom. The van der Waals surface area contributed by atoms with Crippen molar-refractivity contribution in [1.82, 2.24) is 4.98 Å². The number of carbonyl (C=O) groups excluding carboxylic acids is 1. The largest absolute Gasteiger partial charge is 0.480 e. The highest BCUT2D eigenvalue weighted by Gasteiger charge is 2.29. The van der Waals surface area contributed by atoms with Gasteiger partial charge in [0, 0.05) is 24.5 Å². The predicted molar refractivity (Wildman–Crippen MR) is 106 cm³/mol. The number of benzene rings is 2. The molecular formula is C21H20N2O3S. The number of nitrogens with one attached hydrogen (secondary N) is 1. The molecule has 0 saturated heterocycles. The molecule has 0 fully saturated rings. The van der Waals surface area contributed by atoms with Gasteiger partial charge in [-0.25, -0.2) is 4.98 Å². The lowest BCUT2D eigenvalue weighted by atomic mass is 10.1. The minimum atomic E-state index is -0.505. The summed E-state index contributed by atoms with van der Waals surface area (Å²) in [4.78, 5) is 17.0. The normalized spacial score (nSPS) is 15.2. The highest BCUT2D eigenvalue weighted by Crippen LogP contribution is 2.30. The Morgan fingerprint density at radius 1 is 1.26 bits per heavy atom. The van der Waals surface area contributed by atoms with Gasteiger partial charge < -0.3 is 9.47 Å². The van der Waals surface area contributed by atoms with Gasteiger partial charge in [-0.05, 0) is 23.6 Å². The third-order valence-corrected chi connectivity index (χ3v) is 5.28. The van der Waals surface area contributed by atoms with Gasteiger partial charge in [-0.3, -0.25) is 10.1 Å². The van der Waals surface area contributed by atoms with Crippen molar-refractivity contribution in [2.75, 3.05) is 19.0 Å². The van der Waals surface area contributed by atoms with Gasteiger partial charge in [-0.15, -0.1) is 11.3 Å². The van der Waals surface area contributed by atoms with E-state index < -0.39 is 6.10 Å². The van der Waals surface area contributed by atoms with Gasteiger partial charge >= 0.3 is 0 Å². The number of hydrogen-bond donors (Lipinski definition) is 1. The van der Waals surface area contributed by atoms with Gasteiger partial charge in [-0.2, -0.15) is 0 Å². The number of anilines is 1. The zero-order valence-electron chi connectivity index (χ0n) is 15.0. The molecule has 27 heavy (non-hydrogen) atoms. The number of nitrogens with zero attached hydrogens (tertiary/aromatic N) is 1. The molecule has 0 saturated carbocycles. The van der Waals surface area contributed by atoms with E-state index in [-0.39, 0.29) is 5.91 Å². The van der Waals surface area contributed by atoms with E-state index in [9.17, 15) is 4.79 Å². The van der Waals surface area contributed by atoms with Crippen LogP contribution in [0, 0.1) is 0 Å². The first-order valence-electron chi connectivity index (χ1n) is 8.82. The lowest BCUT2D eigenvalue weighted by Gasteiger charge is -2.09. The number of amides is 1. The van der Waals surface area contributed by atoms with Gasteiger partial charge in [0.25, 0.3) is 5.91 Å². The Kier molecular flexibility index (Phi) is 5.18. The molecular weight excluding hydrogens is 360 g/mol.